The van der Waals surface area contributed by atoms with Crippen LogP contribution in [0.3, 0.4) is 0 Å². The summed E-state index contributed by atoms with van der Waals surface area (Å²) in [5, 5.41) is 14.3. The number of rotatable bonds is 9. The monoisotopic (exact) mass is 820 g/mol. The summed E-state index contributed by atoms with van der Waals surface area (Å²) < 4.78 is 11.6. The van der Waals surface area contributed by atoms with Gasteiger partial charge in [0.2, 0.25) is 29.5 Å². The fraction of sp³-hybridized carbons (Fsp3) is 0.860. The van der Waals surface area contributed by atoms with Crippen LogP contribution in [0.15, 0.2) is 0 Å². The van der Waals surface area contributed by atoms with E-state index in [2.05, 4.69) is 31.5 Å². The van der Waals surface area contributed by atoms with E-state index in [0.717, 1.165) is 44.9 Å². The Kier molecular flexibility index (Phi) is 18.3. The lowest BCUT2D eigenvalue weighted by Crippen LogP contribution is -2.64. The van der Waals surface area contributed by atoms with Gasteiger partial charge in [0.25, 0.3) is 0 Å². The van der Waals surface area contributed by atoms with Crippen LogP contribution >= 0.6 is 0 Å². The van der Waals surface area contributed by atoms with Crippen LogP contribution in [0.4, 0.5) is 4.79 Å². The maximum Gasteiger partial charge on any atom is 0.407 e. The summed E-state index contributed by atoms with van der Waals surface area (Å²) in [4.78, 5) is 88.5. The zero-order valence-corrected chi connectivity index (χ0v) is 37.6. The van der Waals surface area contributed by atoms with Crippen LogP contribution in [0.1, 0.15) is 140 Å². The Labute approximate surface area is 348 Å². The molecule has 0 spiro atoms. The zero-order chi connectivity index (χ0) is 43.5. The SMILES string of the molecule is CC(C)C[C@H]1C(=O)N[C@@H](C2CCCCC2)C(=O)N[C@@H](CNC(=O)OC(C)(C)C)C(=O)N[C@@H]([C@H](C)OC(C)(C)C)C(=O)NC[C@H](C)N(CC2CCCC2)[C@@H](C)C(=O)N1C. The van der Waals surface area contributed by atoms with E-state index in [4.69, 9.17) is 9.47 Å². The molecule has 0 unspecified atom stereocenters. The first-order valence-electron chi connectivity index (χ1n) is 21.8. The first-order chi connectivity index (χ1) is 27.0. The molecule has 332 valence electrons. The molecule has 3 aliphatic rings. The van der Waals surface area contributed by atoms with Gasteiger partial charge >= 0.3 is 6.09 Å². The maximum atomic E-state index is 14.5. The minimum Gasteiger partial charge on any atom is -0.444 e. The summed E-state index contributed by atoms with van der Waals surface area (Å²) in [7, 11) is 1.66. The molecule has 0 radical (unpaired) electrons. The van der Waals surface area contributed by atoms with Crippen molar-refractivity contribution in [2.24, 2.45) is 17.8 Å². The minimum absolute atomic E-state index is 0.0504. The van der Waals surface area contributed by atoms with E-state index in [0.29, 0.717) is 31.7 Å². The summed E-state index contributed by atoms with van der Waals surface area (Å²) in [6, 6.07) is -5.36. The molecule has 3 fully saturated rings. The second-order valence-corrected chi connectivity index (χ2v) is 19.5. The number of alkyl carbamates (subject to hydrolysis) is 1. The quantitative estimate of drug-likeness (QED) is 0.229. The molecule has 0 aromatic rings. The highest BCUT2D eigenvalue weighted by Crippen LogP contribution is 2.29. The average molecular weight is 820 g/mol. The van der Waals surface area contributed by atoms with E-state index in [9.17, 15) is 28.8 Å². The summed E-state index contributed by atoms with van der Waals surface area (Å²) in [5.41, 5.74) is -1.50. The molecule has 3 rings (SSSR count). The van der Waals surface area contributed by atoms with E-state index >= 15 is 0 Å². The summed E-state index contributed by atoms with van der Waals surface area (Å²) in [5.74, 6) is -2.27. The van der Waals surface area contributed by atoms with Crippen molar-refractivity contribution in [2.75, 3.05) is 26.7 Å². The largest absolute Gasteiger partial charge is 0.444 e. The topological polar surface area (TPSA) is 188 Å². The van der Waals surface area contributed by atoms with E-state index in [1.165, 1.54) is 4.90 Å². The van der Waals surface area contributed by atoms with Crippen molar-refractivity contribution in [3.05, 3.63) is 0 Å². The van der Waals surface area contributed by atoms with Crippen molar-refractivity contribution < 1.29 is 38.2 Å². The number of likely N-dealkylation sites (N-methyl/N-ethyl adjacent to an activating group) is 1. The Hall–Kier alpha value is -3.46. The zero-order valence-electron chi connectivity index (χ0n) is 37.6. The molecule has 1 heterocycles. The number of hydrogen-bond donors (Lipinski definition) is 5. The second-order valence-electron chi connectivity index (χ2n) is 19.5. The van der Waals surface area contributed by atoms with Crippen LogP contribution in [0, 0.1) is 17.8 Å². The number of hydrogen-bond acceptors (Lipinski definition) is 9. The molecule has 6 amide bonds. The average Bonchev–Trinajstić information content (AvgIpc) is 3.65. The van der Waals surface area contributed by atoms with Crippen LogP contribution in [-0.2, 0) is 33.4 Å². The first kappa shape index (κ1) is 48.9. The van der Waals surface area contributed by atoms with Crippen LogP contribution in [0.25, 0.3) is 0 Å². The summed E-state index contributed by atoms with van der Waals surface area (Å²) >= 11 is 0. The first-order valence-corrected chi connectivity index (χ1v) is 21.8. The van der Waals surface area contributed by atoms with Gasteiger partial charge in [-0.1, -0.05) is 46.0 Å². The predicted molar refractivity (Wildman–Crippen MR) is 224 cm³/mol. The Bertz CT molecular complexity index is 1400. The number of amides is 6. The highest BCUT2D eigenvalue weighted by atomic mass is 16.6. The number of nitrogens with one attached hydrogen (secondary N) is 5. The third kappa shape index (κ3) is 15.3. The van der Waals surface area contributed by atoms with E-state index < -0.39 is 77.2 Å². The summed E-state index contributed by atoms with van der Waals surface area (Å²) in [6.07, 6.45) is 7.24. The molecule has 2 saturated carbocycles. The Morgan fingerprint density at radius 2 is 1.40 bits per heavy atom. The van der Waals surface area contributed by atoms with Crippen molar-refractivity contribution >= 4 is 35.6 Å². The number of ether oxygens (including phenoxy) is 2. The van der Waals surface area contributed by atoms with Gasteiger partial charge in [-0.15, -0.1) is 0 Å². The fourth-order valence-corrected chi connectivity index (χ4v) is 8.52. The van der Waals surface area contributed by atoms with Gasteiger partial charge in [0.05, 0.1) is 24.3 Å². The van der Waals surface area contributed by atoms with Gasteiger partial charge in [0.1, 0.15) is 29.8 Å². The summed E-state index contributed by atoms with van der Waals surface area (Å²) in [6.45, 7) is 20.6. The standard InChI is InChI=1S/C43H77N7O8/c1-26(2)22-33-37(52)48-35(31-20-14-13-15-21-31)39(54)46-32(24-45-41(56)58-43(9,10)11)36(51)47-34(29(5)57-42(6,7)8)38(53)44-23-27(3)50(25-30-18-16-17-19-30)28(4)40(55)49(33)12/h26-35H,13-25H2,1-12H3,(H,44,53)(H,45,56)(H,46,54)(H,47,51)(H,48,52)/t27-,28-,29-,32-,33-,34-,35-/m0/s1. The van der Waals surface area contributed by atoms with Gasteiger partial charge in [0, 0.05) is 26.2 Å². The van der Waals surface area contributed by atoms with Crippen LogP contribution in [0.2, 0.25) is 0 Å². The third-order valence-electron chi connectivity index (χ3n) is 11.5. The van der Waals surface area contributed by atoms with Gasteiger partial charge in [0.15, 0.2) is 0 Å². The van der Waals surface area contributed by atoms with E-state index in [1.54, 1.807) is 34.7 Å². The lowest BCUT2D eigenvalue weighted by Gasteiger charge is -2.40. The Morgan fingerprint density at radius 1 is 0.793 bits per heavy atom. The van der Waals surface area contributed by atoms with Crippen molar-refractivity contribution in [3.63, 3.8) is 0 Å². The smallest absolute Gasteiger partial charge is 0.407 e. The van der Waals surface area contributed by atoms with Crippen molar-refractivity contribution in [2.45, 2.75) is 194 Å². The van der Waals surface area contributed by atoms with Crippen molar-refractivity contribution in [1.82, 2.24) is 36.4 Å². The molecule has 1 saturated heterocycles. The van der Waals surface area contributed by atoms with E-state index in [1.807, 2.05) is 48.5 Å². The molecular formula is C43H77N7O8. The highest BCUT2D eigenvalue weighted by molar-refractivity contribution is 5.96. The molecule has 7 atom stereocenters. The molecule has 5 N–H and O–H groups in total. The molecule has 0 aromatic heterocycles. The molecular weight excluding hydrogens is 743 g/mol. The van der Waals surface area contributed by atoms with Gasteiger partial charge in [-0.2, -0.15) is 0 Å². The second kappa shape index (κ2) is 21.7. The van der Waals surface area contributed by atoms with Gasteiger partial charge in [-0.3, -0.25) is 28.9 Å². The molecule has 1 aliphatic heterocycles. The Morgan fingerprint density at radius 3 is 1.97 bits per heavy atom. The van der Waals surface area contributed by atoms with Crippen molar-refractivity contribution in [3.8, 4) is 0 Å². The molecule has 0 bridgehead atoms. The normalized spacial score (nSPS) is 28.2. The number of carbonyl (C=O) groups excluding carboxylic acids is 6. The lowest BCUT2D eigenvalue weighted by molar-refractivity contribution is -0.145. The van der Waals surface area contributed by atoms with Gasteiger partial charge in [-0.25, -0.2) is 4.79 Å². The van der Waals surface area contributed by atoms with Gasteiger partial charge < -0.3 is 41.0 Å². The van der Waals surface area contributed by atoms with Crippen LogP contribution in [0.5, 0.6) is 0 Å². The van der Waals surface area contributed by atoms with Crippen LogP contribution in [-0.4, -0.2) is 126 Å². The molecule has 2 aliphatic carbocycles. The van der Waals surface area contributed by atoms with Gasteiger partial charge in [-0.05, 0) is 112 Å². The Balaban J connectivity index is 2.14. The molecule has 15 heteroatoms. The third-order valence-corrected chi connectivity index (χ3v) is 11.5. The lowest BCUT2D eigenvalue weighted by atomic mass is 9.83. The molecule has 58 heavy (non-hydrogen) atoms. The van der Waals surface area contributed by atoms with E-state index in [-0.39, 0.29) is 36.9 Å². The minimum atomic E-state index is -1.36. The molecule has 0 aromatic carbocycles. The molecule has 15 nitrogen and oxygen atoms in total. The number of nitrogens with zero attached hydrogens (tertiary/aromatic N) is 2. The van der Waals surface area contributed by atoms with Crippen molar-refractivity contribution in [1.29, 1.82) is 0 Å². The maximum absolute atomic E-state index is 14.5. The van der Waals surface area contributed by atoms with Crippen LogP contribution < -0.4 is 26.6 Å². The number of carbonyl (C=O) groups is 6. The predicted octanol–water partition coefficient (Wildman–Crippen LogP) is 4.02. The highest BCUT2D eigenvalue weighted by Gasteiger charge is 2.41. The fourth-order valence-electron chi connectivity index (χ4n) is 8.52.